The summed E-state index contributed by atoms with van der Waals surface area (Å²) in [7, 11) is 1.53. The molecule has 0 spiro atoms. The van der Waals surface area contributed by atoms with Crippen molar-refractivity contribution in [3.8, 4) is 5.75 Å². The van der Waals surface area contributed by atoms with Crippen molar-refractivity contribution in [1.29, 1.82) is 0 Å². The molecule has 2 aromatic carbocycles. The van der Waals surface area contributed by atoms with Crippen molar-refractivity contribution >= 4 is 35.0 Å². The van der Waals surface area contributed by atoms with E-state index in [1.165, 1.54) is 19.3 Å². The number of nitrogens with one attached hydrogen (secondary N) is 1. The van der Waals surface area contributed by atoms with Gasteiger partial charge in [-0.25, -0.2) is 8.78 Å². The first-order valence-corrected chi connectivity index (χ1v) is 8.99. The number of rotatable bonds is 4. The Morgan fingerprint density at radius 3 is 2.57 bits per heavy atom. The molecule has 7 heteroatoms. The van der Waals surface area contributed by atoms with Gasteiger partial charge in [-0.05, 0) is 60.9 Å². The Morgan fingerprint density at radius 1 is 1.21 bits per heavy atom. The van der Waals surface area contributed by atoms with E-state index in [1.807, 2.05) is 0 Å². The molecule has 1 aliphatic rings. The quantitative estimate of drug-likeness (QED) is 0.619. The summed E-state index contributed by atoms with van der Waals surface area (Å²) in [4.78, 5) is 25.1. The van der Waals surface area contributed by atoms with Crippen LogP contribution < -0.4 is 10.1 Å². The Morgan fingerprint density at radius 2 is 1.93 bits per heavy atom. The molecule has 3 rings (SSSR count). The van der Waals surface area contributed by atoms with Gasteiger partial charge in [0.1, 0.15) is 17.4 Å². The second kappa shape index (κ2) is 8.39. The number of hydrogen-bond donors (Lipinski definition) is 1. The summed E-state index contributed by atoms with van der Waals surface area (Å²) in [5.41, 5.74) is 0.924. The second-order valence-corrected chi connectivity index (χ2v) is 6.78. The summed E-state index contributed by atoms with van der Waals surface area (Å²) in [6, 6.07) is 9.66. The van der Waals surface area contributed by atoms with Crippen LogP contribution in [-0.2, 0) is 4.79 Å². The lowest BCUT2D eigenvalue weighted by Crippen LogP contribution is -2.36. The van der Waals surface area contributed by atoms with E-state index < -0.39 is 23.5 Å². The van der Waals surface area contributed by atoms with Gasteiger partial charge < -0.3 is 10.1 Å². The standard InChI is InChI=1S/C21H17F2NO3S/c1-27-16-7-3-12(4-8-16)20(26)24-21(28)17-9-5-14(19(17)25)10-13-2-6-15(22)11-18(13)23/h2-4,6-8,10-11,17H,5,9H2,1H3,(H,24,26,28)/b14-10-/t17-/m0/s1. The molecule has 4 nitrogen and oxygen atoms in total. The van der Waals surface area contributed by atoms with Crippen LogP contribution in [0.15, 0.2) is 48.0 Å². The number of ketones is 1. The van der Waals surface area contributed by atoms with Crippen molar-refractivity contribution in [2.75, 3.05) is 7.11 Å². The van der Waals surface area contributed by atoms with Gasteiger partial charge >= 0.3 is 0 Å². The van der Waals surface area contributed by atoms with Gasteiger partial charge in [-0.1, -0.05) is 12.2 Å². The fourth-order valence-corrected chi connectivity index (χ4v) is 3.31. The van der Waals surface area contributed by atoms with E-state index >= 15 is 0 Å². The number of allylic oxidation sites excluding steroid dienone is 1. The molecule has 0 aromatic heterocycles. The van der Waals surface area contributed by atoms with E-state index in [0.29, 0.717) is 29.7 Å². The number of amides is 1. The molecule has 0 bridgehead atoms. The first kappa shape index (κ1) is 19.8. The van der Waals surface area contributed by atoms with Crippen LogP contribution in [-0.4, -0.2) is 23.8 Å². The second-order valence-electron chi connectivity index (χ2n) is 6.34. The van der Waals surface area contributed by atoms with Crippen molar-refractivity contribution in [3.63, 3.8) is 0 Å². The van der Waals surface area contributed by atoms with Crippen molar-refractivity contribution in [3.05, 3.63) is 70.8 Å². The zero-order chi connectivity index (χ0) is 20.3. The van der Waals surface area contributed by atoms with E-state index in [1.54, 1.807) is 24.3 Å². The van der Waals surface area contributed by atoms with Crippen molar-refractivity contribution < 1.29 is 23.1 Å². The summed E-state index contributed by atoms with van der Waals surface area (Å²) in [6.45, 7) is 0. The number of Topliss-reactive ketones (excluding diaryl/α,β-unsaturated/α-hetero) is 1. The summed E-state index contributed by atoms with van der Waals surface area (Å²) < 4.78 is 31.9. The van der Waals surface area contributed by atoms with Gasteiger partial charge in [-0.2, -0.15) is 0 Å². The van der Waals surface area contributed by atoms with Gasteiger partial charge in [-0.15, -0.1) is 0 Å². The molecule has 1 N–H and O–H groups in total. The number of methoxy groups -OCH3 is 1. The lowest BCUT2D eigenvalue weighted by Gasteiger charge is -2.12. The van der Waals surface area contributed by atoms with Crippen LogP contribution in [0.2, 0.25) is 0 Å². The molecule has 28 heavy (non-hydrogen) atoms. The molecular weight excluding hydrogens is 384 g/mol. The number of benzene rings is 2. The van der Waals surface area contributed by atoms with E-state index in [4.69, 9.17) is 17.0 Å². The molecule has 0 radical (unpaired) electrons. The highest BCUT2D eigenvalue weighted by atomic mass is 32.1. The molecule has 0 heterocycles. The molecule has 1 fully saturated rings. The van der Waals surface area contributed by atoms with Crippen molar-refractivity contribution in [2.45, 2.75) is 12.8 Å². The van der Waals surface area contributed by atoms with Crippen LogP contribution in [0.4, 0.5) is 8.78 Å². The predicted octanol–water partition coefficient (Wildman–Crippen LogP) is 4.09. The molecule has 2 aromatic rings. The Balaban J connectivity index is 1.68. The minimum absolute atomic E-state index is 0.133. The van der Waals surface area contributed by atoms with Gasteiger partial charge in [0, 0.05) is 17.2 Å². The molecule has 1 saturated carbocycles. The smallest absolute Gasteiger partial charge is 0.256 e. The number of thiocarbonyl (C=S) groups is 1. The molecule has 0 saturated heterocycles. The zero-order valence-corrected chi connectivity index (χ0v) is 15.8. The maximum Gasteiger partial charge on any atom is 0.256 e. The third-order valence-electron chi connectivity index (χ3n) is 4.53. The van der Waals surface area contributed by atoms with Crippen LogP contribution in [0.25, 0.3) is 6.08 Å². The Labute approximate surface area is 166 Å². The number of halogens is 2. The number of ether oxygens (including phenoxy) is 1. The minimum atomic E-state index is -0.737. The molecule has 1 aliphatic carbocycles. The highest BCUT2D eigenvalue weighted by molar-refractivity contribution is 7.80. The lowest BCUT2D eigenvalue weighted by atomic mass is 10.0. The third-order valence-corrected chi connectivity index (χ3v) is 4.92. The normalized spacial score (nSPS) is 17.6. The molecule has 0 aliphatic heterocycles. The zero-order valence-electron chi connectivity index (χ0n) is 15.0. The predicted molar refractivity (Wildman–Crippen MR) is 105 cm³/mol. The van der Waals surface area contributed by atoms with Gasteiger partial charge in [0.2, 0.25) is 0 Å². The van der Waals surface area contributed by atoms with Crippen LogP contribution in [0.3, 0.4) is 0 Å². The fourth-order valence-electron chi connectivity index (χ4n) is 2.99. The first-order chi connectivity index (χ1) is 13.4. The summed E-state index contributed by atoms with van der Waals surface area (Å²) in [5, 5.41) is 2.59. The minimum Gasteiger partial charge on any atom is -0.497 e. The van der Waals surface area contributed by atoms with Crippen LogP contribution >= 0.6 is 12.2 Å². The Hall–Kier alpha value is -2.93. The number of carbonyl (C=O) groups is 2. The van der Waals surface area contributed by atoms with E-state index in [-0.39, 0.29) is 16.3 Å². The number of hydrogen-bond acceptors (Lipinski definition) is 4. The van der Waals surface area contributed by atoms with Crippen LogP contribution in [0.5, 0.6) is 5.75 Å². The summed E-state index contributed by atoms with van der Waals surface area (Å²) in [5.74, 6) is -2.12. The van der Waals surface area contributed by atoms with Gasteiger partial charge in [0.25, 0.3) is 5.91 Å². The van der Waals surface area contributed by atoms with Crippen LogP contribution in [0, 0.1) is 17.6 Å². The SMILES string of the molecule is COc1ccc(C(=O)NC(=S)[C@H]2CC/C(=C/c3ccc(F)cc3F)C2=O)cc1. The highest BCUT2D eigenvalue weighted by Gasteiger charge is 2.33. The average Bonchev–Trinajstić information content (AvgIpc) is 3.04. The van der Waals surface area contributed by atoms with Gasteiger partial charge in [-0.3, -0.25) is 9.59 Å². The van der Waals surface area contributed by atoms with Gasteiger partial charge in [0.05, 0.1) is 18.0 Å². The van der Waals surface area contributed by atoms with E-state index in [0.717, 1.165) is 12.1 Å². The average molecular weight is 401 g/mol. The topological polar surface area (TPSA) is 55.4 Å². The fraction of sp³-hybridized carbons (Fsp3) is 0.190. The van der Waals surface area contributed by atoms with E-state index in [9.17, 15) is 18.4 Å². The monoisotopic (exact) mass is 401 g/mol. The lowest BCUT2D eigenvalue weighted by molar-refractivity contribution is -0.116. The van der Waals surface area contributed by atoms with Crippen molar-refractivity contribution in [1.82, 2.24) is 5.32 Å². The molecule has 144 valence electrons. The van der Waals surface area contributed by atoms with Crippen molar-refractivity contribution in [2.24, 2.45) is 5.92 Å². The van der Waals surface area contributed by atoms with Gasteiger partial charge in [0.15, 0.2) is 5.78 Å². The van der Waals surface area contributed by atoms with E-state index in [2.05, 4.69) is 5.32 Å². The highest BCUT2D eigenvalue weighted by Crippen LogP contribution is 2.30. The largest absolute Gasteiger partial charge is 0.497 e. The molecule has 1 amide bonds. The molecule has 1 atom stereocenters. The first-order valence-electron chi connectivity index (χ1n) is 8.58. The number of carbonyl (C=O) groups excluding carboxylic acids is 2. The maximum atomic E-state index is 13.8. The summed E-state index contributed by atoms with van der Waals surface area (Å²) >= 11 is 5.25. The molecular formula is C21H17F2NO3S. The summed E-state index contributed by atoms with van der Waals surface area (Å²) in [6.07, 6.45) is 2.24. The maximum absolute atomic E-state index is 13.8. The molecule has 0 unspecified atom stereocenters. The Bertz CT molecular complexity index is 970. The Kier molecular flexibility index (Phi) is 5.94. The third kappa shape index (κ3) is 4.31. The van der Waals surface area contributed by atoms with Crippen LogP contribution in [0.1, 0.15) is 28.8 Å².